The Labute approximate surface area is 144 Å². The molecule has 1 saturated heterocycles. The van der Waals surface area contributed by atoms with Crippen molar-refractivity contribution in [3.63, 3.8) is 0 Å². The number of para-hydroxylation sites is 2. The monoisotopic (exact) mass is 331 g/mol. The molecular weight excluding hydrogens is 302 g/mol. The molecule has 0 unspecified atom stereocenters. The van der Waals surface area contributed by atoms with Crippen LogP contribution in [0, 0.1) is 11.8 Å². The lowest BCUT2D eigenvalue weighted by atomic mass is 9.94. The second-order valence-corrected chi connectivity index (χ2v) is 6.97. The fourth-order valence-corrected chi connectivity index (χ4v) is 4.13. The number of anilines is 1. The van der Waals surface area contributed by atoms with Gasteiger partial charge in [-0.3, -0.25) is 4.79 Å². The average molecular weight is 331 g/mol. The maximum absolute atomic E-state index is 12.5. The lowest BCUT2D eigenvalue weighted by Gasteiger charge is -2.35. The number of rotatable bonds is 5. The third-order valence-electron chi connectivity index (χ3n) is 5.57. The van der Waals surface area contributed by atoms with E-state index in [0.29, 0.717) is 12.5 Å². The number of nitrogens with two attached hydrogens (primary N) is 1. The molecule has 1 heterocycles. The fourth-order valence-electron chi connectivity index (χ4n) is 4.13. The van der Waals surface area contributed by atoms with E-state index in [1.807, 2.05) is 18.2 Å². The molecule has 1 aromatic carbocycles. The summed E-state index contributed by atoms with van der Waals surface area (Å²) in [6.45, 7) is 2.51. The molecule has 0 spiro atoms. The maximum Gasteiger partial charge on any atom is 0.223 e. The van der Waals surface area contributed by atoms with Gasteiger partial charge < -0.3 is 20.7 Å². The van der Waals surface area contributed by atoms with Crippen LogP contribution in [-0.4, -0.2) is 38.7 Å². The quantitative estimate of drug-likeness (QED) is 0.867. The number of amides is 1. The van der Waals surface area contributed by atoms with E-state index in [1.165, 1.54) is 0 Å². The number of nitrogens with zero attached hydrogens (tertiary/aromatic N) is 1. The normalized spacial score (nSPS) is 24.8. The summed E-state index contributed by atoms with van der Waals surface area (Å²) in [7, 11) is 1.71. The van der Waals surface area contributed by atoms with Crippen LogP contribution in [0.2, 0.25) is 0 Å². The van der Waals surface area contributed by atoms with E-state index in [4.69, 9.17) is 10.5 Å². The molecule has 1 amide bonds. The number of hydrogen-bond donors (Lipinski definition) is 2. The van der Waals surface area contributed by atoms with Crippen molar-refractivity contribution in [2.75, 3.05) is 31.6 Å². The van der Waals surface area contributed by atoms with Crippen LogP contribution < -0.4 is 20.7 Å². The first kappa shape index (κ1) is 17.1. The first-order valence-corrected chi connectivity index (χ1v) is 9.11. The van der Waals surface area contributed by atoms with Crippen LogP contribution >= 0.6 is 0 Å². The van der Waals surface area contributed by atoms with Gasteiger partial charge in [-0.2, -0.15) is 0 Å². The van der Waals surface area contributed by atoms with Gasteiger partial charge in [0.15, 0.2) is 0 Å². The highest BCUT2D eigenvalue weighted by Gasteiger charge is 2.33. The van der Waals surface area contributed by atoms with Crippen LogP contribution in [0.25, 0.3) is 0 Å². The minimum absolute atomic E-state index is 0.127. The Morgan fingerprint density at radius 3 is 2.71 bits per heavy atom. The van der Waals surface area contributed by atoms with Crippen LogP contribution in [0.5, 0.6) is 5.75 Å². The summed E-state index contributed by atoms with van der Waals surface area (Å²) in [4.78, 5) is 14.9. The van der Waals surface area contributed by atoms with E-state index in [9.17, 15) is 4.79 Å². The third-order valence-corrected chi connectivity index (χ3v) is 5.57. The summed E-state index contributed by atoms with van der Waals surface area (Å²) in [5, 5.41) is 3.27. The SMILES string of the molecule is COc1ccccc1N1CCC(NC(=O)[C@@H]2CCC[C@@H]2CN)CC1. The number of hydrogen-bond acceptors (Lipinski definition) is 4. The Hall–Kier alpha value is -1.75. The van der Waals surface area contributed by atoms with Crippen LogP contribution in [0.4, 0.5) is 5.69 Å². The van der Waals surface area contributed by atoms with E-state index in [2.05, 4.69) is 16.3 Å². The summed E-state index contributed by atoms with van der Waals surface area (Å²) in [5.74, 6) is 1.64. The standard InChI is InChI=1S/C19H29N3O2/c1-24-18-8-3-2-7-17(18)22-11-9-15(10-12-22)21-19(23)16-6-4-5-14(16)13-20/h2-3,7-8,14-16H,4-6,9-13,20H2,1H3,(H,21,23)/t14-,16-/m1/s1. The highest BCUT2D eigenvalue weighted by atomic mass is 16.5. The minimum atomic E-state index is 0.127. The molecule has 5 heteroatoms. The van der Waals surface area contributed by atoms with Crippen LogP contribution in [-0.2, 0) is 4.79 Å². The highest BCUT2D eigenvalue weighted by molar-refractivity contribution is 5.79. The van der Waals surface area contributed by atoms with Crippen LogP contribution in [0.3, 0.4) is 0 Å². The predicted octanol–water partition coefficient (Wildman–Crippen LogP) is 2.16. The van der Waals surface area contributed by atoms with Crippen molar-refractivity contribution in [3.05, 3.63) is 24.3 Å². The Balaban J connectivity index is 1.53. The molecule has 3 N–H and O–H groups in total. The van der Waals surface area contributed by atoms with Crippen molar-refractivity contribution < 1.29 is 9.53 Å². The molecule has 2 aliphatic rings. The van der Waals surface area contributed by atoms with E-state index in [-0.39, 0.29) is 17.9 Å². The molecule has 0 radical (unpaired) electrons. The Bertz CT molecular complexity index is 555. The van der Waals surface area contributed by atoms with Gasteiger partial charge in [0.2, 0.25) is 5.91 Å². The topological polar surface area (TPSA) is 67.6 Å². The molecule has 132 valence electrons. The Morgan fingerprint density at radius 2 is 2.00 bits per heavy atom. The lowest BCUT2D eigenvalue weighted by molar-refractivity contribution is -0.126. The molecular formula is C19H29N3O2. The number of carbonyl (C=O) groups excluding carboxylic acids is 1. The molecule has 1 aliphatic carbocycles. The van der Waals surface area contributed by atoms with Crippen molar-refractivity contribution in [1.29, 1.82) is 0 Å². The van der Waals surface area contributed by atoms with Crippen molar-refractivity contribution >= 4 is 11.6 Å². The van der Waals surface area contributed by atoms with E-state index in [1.54, 1.807) is 7.11 Å². The zero-order chi connectivity index (χ0) is 16.9. The number of nitrogens with one attached hydrogen (secondary N) is 1. The van der Waals surface area contributed by atoms with Gasteiger partial charge in [-0.05, 0) is 50.3 Å². The van der Waals surface area contributed by atoms with Gasteiger partial charge in [-0.1, -0.05) is 18.6 Å². The smallest absolute Gasteiger partial charge is 0.223 e. The number of ether oxygens (including phenoxy) is 1. The Morgan fingerprint density at radius 1 is 1.25 bits per heavy atom. The van der Waals surface area contributed by atoms with Crippen molar-refractivity contribution in [1.82, 2.24) is 5.32 Å². The molecule has 24 heavy (non-hydrogen) atoms. The number of carbonyl (C=O) groups is 1. The first-order valence-electron chi connectivity index (χ1n) is 9.11. The molecule has 3 rings (SSSR count). The molecule has 0 aromatic heterocycles. The molecule has 1 aromatic rings. The zero-order valence-electron chi connectivity index (χ0n) is 14.5. The number of methoxy groups -OCH3 is 1. The van der Waals surface area contributed by atoms with Gasteiger partial charge in [-0.25, -0.2) is 0 Å². The molecule has 2 atom stereocenters. The minimum Gasteiger partial charge on any atom is -0.495 e. The second kappa shape index (κ2) is 7.88. The molecule has 1 aliphatic heterocycles. The third kappa shape index (κ3) is 3.66. The van der Waals surface area contributed by atoms with Gasteiger partial charge in [-0.15, -0.1) is 0 Å². The van der Waals surface area contributed by atoms with Gasteiger partial charge in [0, 0.05) is 25.0 Å². The van der Waals surface area contributed by atoms with Crippen LogP contribution in [0.1, 0.15) is 32.1 Å². The van der Waals surface area contributed by atoms with Crippen molar-refractivity contribution in [2.24, 2.45) is 17.6 Å². The number of benzene rings is 1. The van der Waals surface area contributed by atoms with Gasteiger partial charge >= 0.3 is 0 Å². The zero-order valence-corrected chi connectivity index (χ0v) is 14.5. The second-order valence-electron chi connectivity index (χ2n) is 6.97. The van der Waals surface area contributed by atoms with Crippen molar-refractivity contribution in [3.8, 4) is 5.75 Å². The van der Waals surface area contributed by atoms with E-state index in [0.717, 1.165) is 56.6 Å². The molecule has 1 saturated carbocycles. The largest absolute Gasteiger partial charge is 0.495 e. The van der Waals surface area contributed by atoms with Gasteiger partial charge in [0.1, 0.15) is 5.75 Å². The molecule has 5 nitrogen and oxygen atoms in total. The first-order chi connectivity index (χ1) is 11.7. The summed E-state index contributed by atoms with van der Waals surface area (Å²) in [5.41, 5.74) is 6.95. The summed E-state index contributed by atoms with van der Waals surface area (Å²) in [6.07, 6.45) is 5.17. The summed E-state index contributed by atoms with van der Waals surface area (Å²) >= 11 is 0. The van der Waals surface area contributed by atoms with Crippen LogP contribution in [0.15, 0.2) is 24.3 Å². The number of piperidine rings is 1. The van der Waals surface area contributed by atoms with Gasteiger partial charge in [0.25, 0.3) is 0 Å². The Kier molecular flexibility index (Phi) is 5.61. The fraction of sp³-hybridized carbons (Fsp3) is 0.632. The molecule has 0 bridgehead atoms. The lowest BCUT2D eigenvalue weighted by Crippen LogP contribution is -2.47. The predicted molar refractivity (Wildman–Crippen MR) is 96.3 cm³/mol. The maximum atomic E-state index is 12.5. The average Bonchev–Trinajstić information content (AvgIpc) is 3.11. The highest BCUT2D eigenvalue weighted by Crippen LogP contribution is 2.32. The molecule has 2 fully saturated rings. The summed E-state index contributed by atoms with van der Waals surface area (Å²) < 4.78 is 5.46. The summed E-state index contributed by atoms with van der Waals surface area (Å²) in [6, 6.07) is 8.41. The van der Waals surface area contributed by atoms with Gasteiger partial charge in [0.05, 0.1) is 12.8 Å². The van der Waals surface area contributed by atoms with E-state index < -0.39 is 0 Å². The van der Waals surface area contributed by atoms with E-state index >= 15 is 0 Å². The van der Waals surface area contributed by atoms with Crippen molar-refractivity contribution in [2.45, 2.75) is 38.1 Å².